The fourth-order valence-electron chi connectivity index (χ4n) is 3.32. The van der Waals surface area contributed by atoms with Crippen molar-refractivity contribution >= 4 is 0 Å². The van der Waals surface area contributed by atoms with Gasteiger partial charge in [-0.3, -0.25) is 0 Å². The first-order valence-corrected chi connectivity index (χ1v) is 12.3. The summed E-state index contributed by atoms with van der Waals surface area (Å²) >= 11 is 0. The van der Waals surface area contributed by atoms with E-state index in [1.807, 2.05) is 0 Å². The third-order valence-corrected chi connectivity index (χ3v) is 5.78. The lowest BCUT2D eigenvalue weighted by atomic mass is 9.99. The Kier molecular flexibility index (Phi) is 12.4. The largest absolute Gasteiger partial charge is 0.508 e. The highest BCUT2D eigenvalue weighted by Gasteiger charge is 2.29. The number of ether oxygens (including phenoxy) is 4. The number of aliphatic hydroxyl groups excluding tert-OH is 2. The smallest absolute Gasteiger partial charge is 0.184 e. The summed E-state index contributed by atoms with van der Waals surface area (Å²) in [5.41, 5.74) is 2.53. The number of aliphatic hydroxyl groups is 3. The molecule has 0 saturated carbocycles. The molecule has 5 N–H and O–H groups in total. The molecule has 2 rings (SSSR count). The number of hydrogen-bond donors (Lipinski definition) is 5. The maximum atomic E-state index is 10.4. The molecular weight excluding hydrogens is 492 g/mol. The standard InChI is InChI=1S/C29H40O9/c1-19(2)27(36-16-25(32)15-35-14-21-6-10-23(30)11-7-21)28(22-8-12-24(31)13-9-22)37-17-26(33)18-38-29(5,34)20(3)4/h6-13,25-28,30-34H,1,3,14-18H2,2,4-5H3. The molecule has 210 valence electrons. The van der Waals surface area contributed by atoms with Crippen LogP contribution in [0.4, 0.5) is 0 Å². The molecule has 9 nitrogen and oxygen atoms in total. The predicted molar refractivity (Wildman–Crippen MR) is 143 cm³/mol. The SMILES string of the molecule is C=C(C)C(OCC(O)COCc1ccc(O)cc1)C(OCC(O)COC(C)(O)C(=C)C)c1ccc(O)cc1. The molecule has 0 heterocycles. The van der Waals surface area contributed by atoms with E-state index in [9.17, 15) is 25.5 Å². The lowest BCUT2D eigenvalue weighted by Gasteiger charge is -2.30. The minimum absolute atomic E-state index is 0.0211. The van der Waals surface area contributed by atoms with Gasteiger partial charge in [-0.05, 0) is 67.3 Å². The van der Waals surface area contributed by atoms with Gasteiger partial charge >= 0.3 is 0 Å². The number of aromatic hydroxyl groups is 2. The molecule has 2 aromatic rings. The first kappa shape index (κ1) is 31.5. The van der Waals surface area contributed by atoms with E-state index in [0.29, 0.717) is 16.7 Å². The van der Waals surface area contributed by atoms with E-state index < -0.39 is 30.2 Å². The number of rotatable bonds is 17. The molecule has 0 aromatic heterocycles. The molecule has 0 radical (unpaired) electrons. The van der Waals surface area contributed by atoms with Crippen LogP contribution in [0.3, 0.4) is 0 Å². The van der Waals surface area contributed by atoms with Crippen LogP contribution in [-0.2, 0) is 25.6 Å². The van der Waals surface area contributed by atoms with Crippen molar-refractivity contribution in [3.05, 3.63) is 84.0 Å². The second kappa shape index (κ2) is 15.0. The summed E-state index contributed by atoms with van der Waals surface area (Å²) in [6.45, 7) is 12.4. The zero-order chi connectivity index (χ0) is 28.3. The lowest BCUT2D eigenvalue weighted by Crippen LogP contribution is -2.36. The molecule has 0 aliphatic rings. The van der Waals surface area contributed by atoms with Gasteiger partial charge in [0.05, 0.1) is 33.0 Å². The summed E-state index contributed by atoms with van der Waals surface area (Å²) in [5.74, 6) is -1.34. The Morgan fingerprint density at radius 3 is 1.89 bits per heavy atom. The van der Waals surface area contributed by atoms with Gasteiger partial charge in [0, 0.05) is 0 Å². The van der Waals surface area contributed by atoms with Crippen molar-refractivity contribution in [2.45, 2.75) is 57.6 Å². The zero-order valence-electron chi connectivity index (χ0n) is 22.2. The molecule has 38 heavy (non-hydrogen) atoms. The first-order valence-electron chi connectivity index (χ1n) is 12.3. The van der Waals surface area contributed by atoms with E-state index in [0.717, 1.165) is 5.56 Å². The summed E-state index contributed by atoms with van der Waals surface area (Å²) in [7, 11) is 0. The van der Waals surface area contributed by atoms with Gasteiger partial charge in [0.15, 0.2) is 5.79 Å². The molecule has 2 aromatic carbocycles. The summed E-state index contributed by atoms with van der Waals surface area (Å²) in [5, 5.41) is 50.1. The van der Waals surface area contributed by atoms with Gasteiger partial charge in [0.2, 0.25) is 0 Å². The fraction of sp³-hybridized carbons (Fsp3) is 0.448. The Labute approximate surface area is 224 Å². The lowest BCUT2D eigenvalue weighted by molar-refractivity contribution is -0.185. The molecular formula is C29H40O9. The maximum absolute atomic E-state index is 10.4. The van der Waals surface area contributed by atoms with Gasteiger partial charge in [-0.25, -0.2) is 0 Å². The van der Waals surface area contributed by atoms with Crippen molar-refractivity contribution in [1.82, 2.24) is 0 Å². The molecule has 5 atom stereocenters. The van der Waals surface area contributed by atoms with Gasteiger partial charge < -0.3 is 44.5 Å². The van der Waals surface area contributed by atoms with Crippen molar-refractivity contribution in [2.75, 3.05) is 26.4 Å². The normalized spacial score (nSPS) is 16.3. The predicted octanol–water partition coefficient (Wildman–Crippen LogP) is 3.36. The summed E-state index contributed by atoms with van der Waals surface area (Å²) in [6.07, 6.45) is -3.42. The Morgan fingerprint density at radius 2 is 1.34 bits per heavy atom. The molecule has 5 unspecified atom stereocenters. The minimum Gasteiger partial charge on any atom is -0.508 e. The average molecular weight is 533 g/mol. The van der Waals surface area contributed by atoms with E-state index in [-0.39, 0.29) is 44.5 Å². The number of phenols is 2. The topological polar surface area (TPSA) is 138 Å². The van der Waals surface area contributed by atoms with Gasteiger partial charge in [-0.1, -0.05) is 37.4 Å². The second-order valence-corrected chi connectivity index (χ2v) is 9.51. The van der Waals surface area contributed by atoms with Crippen molar-refractivity contribution in [3.8, 4) is 11.5 Å². The Bertz CT molecular complexity index is 1000. The summed E-state index contributed by atoms with van der Waals surface area (Å²) in [4.78, 5) is 0. The van der Waals surface area contributed by atoms with Gasteiger partial charge in [-0.2, -0.15) is 0 Å². The third-order valence-electron chi connectivity index (χ3n) is 5.78. The van der Waals surface area contributed by atoms with Crippen LogP contribution >= 0.6 is 0 Å². The van der Waals surface area contributed by atoms with E-state index in [1.165, 1.54) is 19.1 Å². The Hall–Kier alpha value is -2.76. The van der Waals surface area contributed by atoms with Crippen LogP contribution in [0.2, 0.25) is 0 Å². The van der Waals surface area contributed by atoms with Crippen molar-refractivity contribution < 1.29 is 44.5 Å². The van der Waals surface area contributed by atoms with Gasteiger partial charge in [0.25, 0.3) is 0 Å². The van der Waals surface area contributed by atoms with Crippen molar-refractivity contribution in [1.29, 1.82) is 0 Å². The monoisotopic (exact) mass is 532 g/mol. The van der Waals surface area contributed by atoms with Crippen LogP contribution < -0.4 is 0 Å². The second-order valence-electron chi connectivity index (χ2n) is 9.51. The minimum atomic E-state index is -1.58. The first-order chi connectivity index (χ1) is 17.9. The summed E-state index contributed by atoms with van der Waals surface area (Å²) in [6, 6.07) is 12.9. The zero-order valence-corrected chi connectivity index (χ0v) is 22.2. The molecule has 0 spiro atoms. The van der Waals surface area contributed by atoms with E-state index in [2.05, 4.69) is 13.2 Å². The van der Waals surface area contributed by atoms with Crippen LogP contribution in [0.5, 0.6) is 11.5 Å². The Morgan fingerprint density at radius 1 is 0.816 bits per heavy atom. The van der Waals surface area contributed by atoms with Gasteiger partial charge in [0.1, 0.15) is 35.9 Å². The van der Waals surface area contributed by atoms with Gasteiger partial charge in [-0.15, -0.1) is 0 Å². The maximum Gasteiger partial charge on any atom is 0.184 e. The van der Waals surface area contributed by atoms with Crippen molar-refractivity contribution in [2.24, 2.45) is 0 Å². The fourth-order valence-corrected chi connectivity index (χ4v) is 3.32. The van der Waals surface area contributed by atoms with E-state index >= 15 is 0 Å². The number of phenolic OH excluding ortho intramolecular Hbond substituents is 2. The van der Waals surface area contributed by atoms with Crippen molar-refractivity contribution in [3.63, 3.8) is 0 Å². The molecule has 0 saturated heterocycles. The molecule has 0 bridgehead atoms. The molecule has 0 aliphatic carbocycles. The van der Waals surface area contributed by atoms with E-state index in [4.69, 9.17) is 18.9 Å². The van der Waals surface area contributed by atoms with Crippen LogP contribution in [0.1, 0.15) is 38.0 Å². The molecule has 0 fully saturated rings. The molecule has 0 amide bonds. The average Bonchev–Trinajstić information content (AvgIpc) is 2.86. The molecule has 0 aliphatic heterocycles. The third kappa shape index (κ3) is 10.5. The van der Waals surface area contributed by atoms with Crippen LogP contribution in [0, 0.1) is 0 Å². The van der Waals surface area contributed by atoms with E-state index in [1.54, 1.807) is 50.2 Å². The number of hydrogen-bond acceptors (Lipinski definition) is 9. The Balaban J connectivity index is 2.00. The highest BCUT2D eigenvalue weighted by Crippen LogP contribution is 2.29. The molecule has 9 heteroatoms. The quantitative estimate of drug-likeness (QED) is 0.153. The highest BCUT2D eigenvalue weighted by atomic mass is 16.6. The highest BCUT2D eigenvalue weighted by molar-refractivity contribution is 5.29. The van der Waals surface area contributed by atoms with Crippen LogP contribution in [0.25, 0.3) is 0 Å². The van der Waals surface area contributed by atoms with Crippen LogP contribution in [0.15, 0.2) is 72.8 Å². The van der Waals surface area contributed by atoms with Crippen LogP contribution in [-0.4, -0.2) is 76.1 Å². The summed E-state index contributed by atoms with van der Waals surface area (Å²) < 4.78 is 22.9. The number of benzene rings is 2.